The van der Waals surface area contributed by atoms with E-state index >= 15 is 0 Å². The van der Waals surface area contributed by atoms with Crippen molar-refractivity contribution in [2.45, 2.75) is 39.0 Å². The summed E-state index contributed by atoms with van der Waals surface area (Å²) in [6, 6.07) is 14.5. The van der Waals surface area contributed by atoms with Crippen LogP contribution in [0.15, 0.2) is 78.5 Å². The van der Waals surface area contributed by atoms with E-state index in [0.29, 0.717) is 22.5 Å². The molecule has 214 valence electrons. The van der Waals surface area contributed by atoms with Crippen molar-refractivity contribution in [1.29, 1.82) is 0 Å². The minimum Gasteiger partial charge on any atom is -0.481 e. The van der Waals surface area contributed by atoms with Crippen molar-refractivity contribution >= 4 is 38.8 Å². The summed E-state index contributed by atoms with van der Waals surface area (Å²) in [6.07, 6.45) is 6.30. The largest absolute Gasteiger partial charge is 0.481 e. The van der Waals surface area contributed by atoms with Crippen molar-refractivity contribution in [2.24, 2.45) is 0 Å². The topological polar surface area (TPSA) is 123 Å². The van der Waals surface area contributed by atoms with E-state index in [2.05, 4.69) is 32.2 Å². The Labute approximate surface area is 241 Å². The number of nitrogens with zero attached hydrogens (tertiary/aromatic N) is 3. The van der Waals surface area contributed by atoms with Gasteiger partial charge in [0.1, 0.15) is 5.82 Å². The lowest BCUT2D eigenvalue weighted by atomic mass is 10.0. The number of allylic oxidation sites excluding steroid dienone is 1. The van der Waals surface area contributed by atoms with Gasteiger partial charge in [0, 0.05) is 42.4 Å². The molecule has 41 heavy (non-hydrogen) atoms. The Balaban J connectivity index is 0.000000352. The number of hydrogen-bond donors (Lipinski definition) is 2. The molecular weight excluding hydrogens is 538 g/mol. The molecule has 0 atom stereocenters. The third-order valence-corrected chi connectivity index (χ3v) is 7.19. The number of carbonyl (C=O) groups excluding carboxylic acids is 1. The van der Waals surface area contributed by atoms with Crippen molar-refractivity contribution in [3.05, 3.63) is 101 Å². The number of methoxy groups -OCH3 is 1. The van der Waals surface area contributed by atoms with E-state index in [1.165, 1.54) is 12.3 Å². The van der Waals surface area contributed by atoms with E-state index in [1.54, 1.807) is 49.8 Å². The summed E-state index contributed by atoms with van der Waals surface area (Å²) in [5, 5.41) is 6.56. The minimum atomic E-state index is -3.02. The number of ketones is 1. The monoisotopic (exact) mass is 573 g/mol. The van der Waals surface area contributed by atoms with Crippen LogP contribution in [0.1, 0.15) is 27.8 Å². The first-order chi connectivity index (χ1) is 19.4. The molecule has 0 saturated carbocycles. The summed E-state index contributed by atoms with van der Waals surface area (Å²) in [4.78, 5) is 25.5. The molecule has 0 unspecified atom stereocenters. The highest BCUT2D eigenvalue weighted by Crippen LogP contribution is 2.26. The van der Waals surface area contributed by atoms with Crippen molar-refractivity contribution < 1.29 is 17.9 Å². The third kappa shape index (κ3) is 8.97. The van der Waals surface area contributed by atoms with Crippen LogP contribution in [0.2, 0.25) is 0 Å². The predicted molar refractivity (Wildman–Crippen MR) is 163 cm³/mol. The second kappa shape index (κ2) is 13.7. The fourth-order valence-electron chi connectivity index (χ4n) is 3.66. The quantitative estimate of drug-likeness (QED) is 0.232. The summed E-state index contributed by atoms with van der Waals surface area (Å²) in [5.41, 5.74) is 6.50. The second-order valence-corrected chi connectivity index (χ2v) is 11.6. The summed E-state index contributed by atoms with van der Waals surface area (Å²) < 4.78 is 27.1. The summed E-state index contributed by atoms with van der Waals surface area (Å²) in [5.74, 6) is 1.56. The SMILES string of the molecule is C=CC(=O)Cc1cc(C)ccc1Nc1nc(Nc2cc(OC)ncc2C)ncc1C.Cc1ccc(S(C)(=O)=O)cc1. The van der Waals surface area contributed by atoms with Crippen molar-refractivity contribution in [3.8, 4) is 5.88 Å². The minimum absolute atomic E-state index is 0.0347. The molecule has 4 aromatic rings. The van der Waals surface area contributed by atoms with Gasteiger partial charge in [-0.2, -0.15) is 4.98 Å². The molecule has 0 amide bonds. The predicted octanol–water partition coefficient (Wildman–Crippen LogP) is 5.99. The average molecular weight is 574 g/mol. The normalized spacial score (nSPS) is 10.7. The van der Waals surface area contributed by atoms with Gasteiger partial charge in [-0.25, -0.2) is 18.4 Å². The number of aromatic nitrogens is 3. The van der Waals surface area contributed by atoms with Crippen LogP contribution < -0.4 is 15.4 Å². The Morgan fingerprint density at radius 2 is 1.56 bits per heavy atom. The number of hydrogen-bond acceptors (Lipinski definition) is 9. The smallest absolute Gasteiger partial charge is 0.229 e. The lowest BCUT2D eigenvalue weighted by Gasteiger charge is -2.15. The molecule has 9 nitrogen and oxygen atoms in total. The molecule has 0 radical (unpaired) electrons. The Morgan fingerprint density at radius 3 is 2.20 bits per heavy atom. The van der Waals surface area contributed by atoms with Crippen LogP contribution >= 0.6 is 0 Å². The summed E-state index contributed by atoms with van der Waals surface area (Å²) in [6.45, 7) is 11.4. The van der Waals surface area contributed by atoms with Gasteiger partial charge in [-0.1, -0.05) is 42.0 Å². The highest BCUT2D eigenvalue weighted by atomic mass is 32.2. The van der Waals surface area contributed by atoms with Gasteiger partial charge >= 0.3 is 0 Å². The van der Waals surface area contributed by atoms with Crippen molar-refractivity contribution in [2.75, 3.05) is 24.0 Å². The number of benzene rings is 2. The van der Waals surface area contributed by atoms with Gasteiger partial charge in [-0.15, -0.1) is 0 Å². The fourth-order valence-corrected chi connectivity index (χ4v) is 4.29. The van der Waals surface area contributed by atoms with Gasteiger partial charge in [0.2, 0.25) is 11.8 Å². The molecule has 2 N–H and O–H groups in total. The van der Waals surface area contributed by atoms with Gasteiger partial charge in [0.05, 0.1) is 17.7 Å². The van der Waals surface area contributed by atoms with Crippen LogP contribution in [0.25, 0.3) is 0 Å². The lowest BCUT2D eigenvalue weighted by Crippen LogP contribution is -2.07. The maximum absolute atomic E-state index is 11.9. The zero-order valence-corrected chi connectivity index (χ0v) is 25.0. The first-order valence-electron chi connectivity index (χ1n) is 12.8. The van der Waals surface area contributed by atoms with Gasteiger partial charge in [-0.3, -0.25) is 4.79 Å². The molecule has 2 aromatic heterocycles. The number of carbonyl (C=O) groups is 1. The Hall–Kier alpha value is -4.57. The number of aryl methyl sites for hydroxylation is 4. The van der Waals surface area contributed by atoms with Gasteiger partial charge < -0.3 is 15.4 Å². The zero-order valence-electron chi connectivity index (χ0n) is 24.1. The molecule has 0 spiro atoms. The molecule has 0 aliphatic heterocycles. The Bertz CT molecular complexity index is 1650. The Morgan fingerprint density at radius 1 is 0.902 bits per heavy atom. The number of sulfone groups is 1. The highest BCUT2D eigenvalue weighted by molar-refractivity contribution is 7.90. The second-order valence-electron chi connectivity index (χ2n) is 9.61. The zero-order chi connectivity index (χ0) is 30.2. The first kappa shape index (κ1) is 31.0. The van der Waals surface area contributed by atoms with E-state index in [0.717, 1.165) is 39.2 Å². The maximum atomic E-state index is 11.9. The molecule has 0 saturated heterocycles. The highest BCUT2D eigenvalue weighted by Gasteiger charge is 2.11. The molecule has 2 heterocycles. The average Bonchev–Trinajstić information content (AvgIpc) is 2.93. The van der Waals surface area contributed by atoms with E-state index in [4.69, 9.17) is 4.74 Å². The summed E-state index contributed by atoms with van der Waals surface area (Å²) in [7, 11) is -1.45. The number of anilines is 4. The number of ether oxygens (including phenoxy) is 1. The van der Waals surface area contributed by atoms with Gasteiger partial charge in [0.25, 0.3) is 0 Å². The van der Waals surface area contributed by atoms with Gasteiger partial charge in [0.15, 0.2) is 15.6 Å². The van der Waals surface area contributed by atoms with Crippen LogP contribution in [0.4, 0.5) is 23.1 Å². The molecule has 0 fully saturated rings. The summed E-state index contributed by atoms with van der Waals surface area (Å²) >= 11 is 0. The number of nitrogens with one attached hydrogen (secondary N) is 2. The van der Waals surface area contributed by atoms with Crippen LogP contribution in [0.3, 0.4) is 0 Å². The maximum Gasteiger partial charge on any atom is 0.229 e. The van der Waals surface area contributed by atoms with Crippen LogP contribution in [-0.2, 0) is 21.1 Å². The Kier molecular flexibility index (Phi) is 10.3. The van der Waals surface area contributed by atoms with Crippen molar-refractivity contribution in [1.82, 2.24) is 15.0 Å². The van der Waals surface area contributed by atoms with Crippen LogP contribution in [0, 0.1) is 27.7 Å². The van der Waals surface area contributed by atoms with E-state index in [9.17, 15) is 13.2 Å². The van der Waals surface area contributed by atoms with Crippen LogP contribution in [0.5, 0.6) is 5.88 Å². The van der Waals surface area contributed by atoms with E-state index in [-0.39, 0.29) is 12.2 Å². The van der Waals surface area contributed by atoms with Gasteiger partial charge in [-0.05, 0) is 63.1 Å². The molecule has 0 aliphatic rings. The lowest BCUT2D eigenvalue weighted by molar-refractivity contribution is -0.114. The molecule has 0 bridgehead atoms. The van der Waals surface area contributed by atoms with Crippen molar-refractivity contribution in [3.63, 3.8) is 0 Å². The number of rotatable bonds is 9. The van der Waals surface area contributed by atoms with E-state index in [1.807, 2.05) is 45.9 Å². The third-order valence-electron chi connectivity index (χ3n) is 6.06. The van der Waals surface area contributed by atoms with E-state index < -0.39 is 9.84 Å². The number of pyridine rings is 1. The molecule has 2 aromatic carbocycles. The molecule has 4 rings (SSSR count). The molecule has 0 aliphatic carbocycles. The molecule has 10 heteroatoms. The first-order valence-corrected chi connectivity index (χ1v) is 14.7. The molecular formula is C31H35N5O4S. The van der Waals surface area contributed by atoms with Crippen LogP contribution in [-0.4, -0.2) is 42.5 Å². The fraction of sp³-hybridized carbons (Fsp3) is 0.226. The standard InChI is InChI=1S/C23H25N5O2.C8H10O2S/c1-6-18(29)10-17-9-14(2)7-8-19(17)26-22-16(4)13-25-23(28-22)27-20-11-21(30-5)24-12-15(20)3;1-7-3-5-8(6-4-7)11(2,9)10/h6-9,11-13H,1,10H2,2-5H3,(H2,24,25,26,27,28);3-6H,1-2H3.